The first-order valence-electron chi connectivity index (χ1n) is 9.99. The van der Waals surface area contributed by atoms with Crippen LogP contribution in [0.2, 0.25) is 0 Å². The van der Waals surface area contributed by atoms with Crippen molar-refractivity contribution in [2.45, 2.75) is 31.6 Å². The molecule has 2 aromatic rings. The van der Waals surface area contributed by atoms with Crippen molar-refractivity contribution in [1.29, 1.82) is 0 Å². The van der Waals surface area contributed by atoms with Crippen molar-refractivity contribution >= 4 is 40.9 Å². The number of nitrogens with zero attached hydrogens (tertiary/aromatic N) is 2. The summed E-state index contributed by atoms with van der Waals surface area (Å²) >= 11 is 1.73. The lowest BCUT2D eigenvalue weighted by molar-refractivity contribution is -0.134. The van der Waals surface area contributed by atoms with Gasteiger partial charge in [-0.25, -0.2) is 0 Å². The van der Waals surface area contributed by atoms with Gasteiger partial charge < -0.3 is 15.1 Å². The Hall–Kier alpha value is -2.80. The summed E-state index contributed by atoms with van der Waals surface area (Å²) in [5, 5.41) is 2.85. The summed E-state index contributed by atoms with van der Waals surface area (Å²) in [5.74, 6) is 0.297. The molecule has 6 nitrogen and oxygen atoms in total. The van der Waals surface area contributed by atoms with E-state index >= 15 is 0 Å². The highest BCUT2D eigenvalue weighted by Gasteiger charge is 2.23. The van der Waals surface area contributed by atoms with E-state index in [-0.39, 0.29) is 37.1 Å². The lowest BCUT2D eigenvalue weighted by Crippen LogP contribution is -2.38. The maximum absolute atomic E-state index is 12.7. The van der Waals surface area contributed by atoms with Crippen molar-refractivity contribution in [1.82, 2.24) is 4.90 Å². The molecule has 1 aliphatic heterocycles. The molecule has 1 aliphatic rings. The minimum Gasteiger partial charge on any atom is -0.336 e. The average Bonchev–Trinajstić information content (AvgIpc) is 2.74. The van der Waals surface area contributed by atoms with Crippen LogP contribution < -0.4 is 10.2 Å². The van der Waals surface area contributed by atoms with E-state index in [4.69, 9.17) is 0 Å². The van der Waals surface area contributed by atoms with Gasteiger partial charge >= 0.3 is 0 Å². The maximum Gasteiger partial charge on any atom is 0.243 e. The molecule has 0 unspecified atom stereocenters. The highest BCUT2D eigenvalue weighted by Crippen LogP contribution is 2.34. The van der Waals surface area contributed by atoms with Crippen molar-refractivity contribution in [2.75, 3.05) is 36.1 Å². The predicted octanol–water partition coefficient (Wildman–Crippen LogP) is 3.62. The molecule has 0 fully saturated rings. The molecule has 1 heterocycles. The van der Waals surface area contributed by atoms with Gasteiger partial charge in [0.05, 0.1) is 12.2 Å². The molecule has 0 spiro atoms. The number of amides is 3. The van der Waals surface area contributed by atoms with Gasteiger partial charge in [0.25, 0.3) is 0 Å². The summed E-state index contributed by atoms with van der Waals surface area (Å²) in [6, 6.07) is 13.5. The van der Waals surface area contributed by atoms with Crippen LogP contribution in [0, 0.1) is 13.8 Å². The minimum absolute atomic E-state index is 0.0520. The first kappa shape index (κ1) is 21.9. The maximum atomic E-state index is 12.7. The van der Waals surface area contributed by atoms with Crippen LogP contribution in [-0.4, -0.2) is 48.5 Å². The summed E-state index contributed by atoms with van der Waals surface area (Å²) < 4.78 is 0. The number of anilines is 2. The summed E-state index contributed by atoms with van der Waals surface area (Å²) in [6.07, 6.45) is 0.207. The number of benzene rings is 2. The first-order valence-corrected chi connectivity index (χ1v) is 11.0. The number of carbonyl (C=O) groups is 3. The summed E-state index contributed by atoms with van der Waals surface area (Å²) in [7, 11) is 1.59. The third-order valence-electron chi connectivity index (χ3n) is 5.27. The van der Waals surface area contributed by atoms with E-state index < -0.39 is 0 Å². The molecule has 3 rings (SSSR count). The van der Waals surface area contributed by atoms with E-state index in [1.165, 1.54) is 4.90 Å². The summed E-state index contributed by atoms with van der Waals surface area (Å²) in [6.45, 7) is 4.52. The van der Waals surface area contributed by atoms with Crippen molar-refractivity contribution in [3.63, 3.8) is 0 Å². The standard InChI is InChI=1S/C23H27N3O3S/c1-16-7-6-8-18(17(16)2)24-21(27)15-25(3)22(28)11-12-23(29)26-13-14-30-20-10-5-4-9-19(20)26/h4-10H,11-15H2,1-3H3,(H,24,27). The molecule has 0 radical (unpaired) electrons. The van der Waals surface area contributed by atoms with Crippen molar-refractivity contribution < 1.29 is 14.4 Å². The van der Waals surface area contributed by atoms with Gasteiger partial charge in [0.2, 0.25) is 17.7 Å². The van der Waals surface area contributed by atoms with Crippen LogP contribution in [0.5, 0.6) is 0 Å². The van der Waals surface area contributed by atoms with Gasteiger partial charge in [0, 0.05) is 42.8 Å². The molecule has 2 aromatic carbocycles. The molecule has 0 atom stereocenters. The van der Waals surface area contributed by atoms with Gasteiger partial charge in [-0.2, -0.15) is 0 Å². The third-order valence-corrected chi connectivity index (χ3v) is 6.31. The third kappa shape index (κ3) is 5.21. The summed E-state index contributed by atoms with van der Waals surface area (Å²) in [4.78, 5) is 41.7. The lowest BCUT2D eigenvalue weighted by atomic mass is 10.1. The largest absolute Gasteiger partial charge is 0.336 e. The predicted molar refractivity (Wildman–Crippen MR) is 121 cm³/mol. The Bertz CT molecular complexity index is 960. The fourth-order valence-electron chi connectivity index (χ4n) is 3.35. The van der Waals surface area contributed by atoms with Gasteiger partial charge in [-0.05, 0) is 43.2 Å². The van der Waals surface area contributed by atoms with Crippen molar-refractivity contribution in [3.05, 3.63) is 53.6 Å². The van der Waals surface area contributed by atoms with Crippen LogP contribution in [0.3, 0.4) is 0 Å². The van der Waals surface area contributed by atoms with E-state index in [0.29, 0.717) is 6.54 Å². The van der Waals surface area contributed by atoms with E-state index in [1.54, 1.807) is 23.7 Å². The van der Waals surface area contributed by atoms with Crippen LogP contribution in [0.1, 0.15) is 24.0 Å². The second kappa shape index (κ2) is 9.80. The van der Waals surface area contributed by atoms with E-state index in [2.05, 4.69) is 5.32 Å². The number of hydrogen-bond acceptors (Lipinski definition) is 4. The SMILES string of the molecule is Cc1cccc(NC(=O)CN(C)C(=O)CCC(=O)N2CCSc3ccccc32)c1C. The topological polar surface area (TPSA) is 69.7 Å². The number of hydrogen-bond donors (Lipinski definition) is 1. The van der Waals surface area contributed by atoms with E-state index in [1.807, 2.05) is 56.3 Å². The van der Waals surface area contributed by atoms with Crippen LogP contribution in [0.4, 0.5) is 11.4 Å². The Morgan fingerprint density at radius 3 is 2.63 bits per heavy atom. The highest BCUT2D eigenvalue weighted by atomic mass is 32.2. The van der Waals surface area contributed by atoms with Gasteiger partial charge in [0.15, 0.2) is 0 Å². The number of carbonyl (C=O) groups excluding carboxylic acids is 3. The fraction of sp³-hybridized carbons (Fsp3) is 0.348. The molecule has 0 bridgehead atoms. The molecule has 1 N–H and O–H groups in total. The molecule has 0 saturated heterocycles. The number of likely N-dealkylation sites (N-methyl/N-ethyl adjacent to an activating group) is 1. The van der Waals surface area contributed by atoms with Crippen molar-refractivity contribution in [3.8, 4) is 0 Å². The molecule has 3 amide bonds. The zero-order valence-electron chi connectivity index (χ0n) is 17.6. The molecule has 0 aliphatic carbocycles. The Balaban J connectivity index is 1.50. The number of para-hydroxylation sites is 1. The van der Waals surface area contributed by atoms with Crippen LogP contribution in [0.15, 0.2) is 47.4 Å². The van der Waals surface area contributed by atoms with Crippen LogP contribution in [0.25, 0.3) is 0 Å². The molecule has 0 aromatic heterocycles. The van der Waals surface area contributed by atoms with Crippen molar-refractivity contribution in [2.24, 2.45) is 0 Å². The Morgan fingerprint density at radius 1 is 1.07 bits per heavy atom. The smallest absolute Gasteiger partial charge is 0.243 e. The van der Waals surface area contributed by atoms with Crippen LogP contribution in [-0.2, 0) is 14.4 Å². The summed E-state index contributed by atoms with van der Waals surface area (Å²) in [5.41, 5.74) is 3.75. The molecule has 158 valence electrons. The number of rotatable bonds is 6. The second-order valence-electron chi connectivity index (χ2n) is 7.41. The molecular formula is C23H27N3O3S. The van der Waals surface area contributed by atoms with Gasteiger partial charge in [-0.1, -0.05) is 24.3 Å². The molecule has 0 saturated carbocycles. The first-order chi connectivity index (χ1) is 14.4. The molecule has 30 heavy (non-hydrogen) atoms. The van der Waals surface area contributed by atoms with Crippen LogP contribution >= 0.6 is 11.8 Å². The highest BCUT2D eigenvalue weighted by molar-refractivity contribution is 7.99. The zero-order chi connectivity index (χ0) is 21.7. The monoisotopic (exact) mass is 425 g/mol. The van der Waals surface area contributed by atoms with Gasteiger partial charge in [0.1, 0.15) is 0 Å². The van der Waals surface area contributed by atoms with Gasteiger partial charge in [-0.3, -0.25) is 14.4 Å². The van der Waals surface area contributed by atoms with Gasteiger partial charge in [-0.15, -0.1) is 11.8 Å². The Morgan fingerprint density at radius 2 is 1.83 bits per heavy atom. The zero-order valence-corrected chi connectivity index (χ0v) is 18.4. The van der Waals surface area contributed by atoms with E-state index in [9.17, 15) is 14.4 Å². The number of aryl methyl sites for hydroxylation is 1. The Labute approximate surface area is 181 Å². The normalized spacial score (nSPS) is 12.8. The number of fused-ring (bicyclic) bond motifs is 1. The Kier molecular flexibility index (Phi) is 7.15. The molecule has 7 heteroatoms. The number of nitrogens with one attached hydrogen (secondary N) is 1. The number of thioether (sulfide) groups is 1. The van der Waals surface area contributed by atoms with E-state index in [0.717, 1.165) is 33.2 Å². The average molecular weight is 426 g/mol. The minimum atomic E-state index is -0.257. The fourth-order valence-corrected chi connectivity index (χ4v) is 4.34. The molecular weight excluding hydrogens is 398 g/mol. The lowest BCUT2D eigenvalue weighted by Gasteiger charge is -2.29. The second-order valence-corrected chi connectivity index (χ2v) is 8.54. The quantitative estimate of drug-likeness (QED) is 0.768.